The molecule has 0 saturated heterocycles. The number of hydrogen-bond donors (Lipinski definition) is 2. The van der Waals surface area contributed by atoms with Crippen molar-refractivity contribution in [3.05, 3.63) is 29.8 Å². The number of aliphatic carboxylic acids is 1. The van der Waals surface area contributed by atoms with Crippen LogP contribution >= 0.6 is 0 Å². The molecule has 0 aliphatic rings. The van der Waals surface area contributed by atoms with Gasteiger partial charge in [0.05, 0.1) is 4.90 Å². The lowest BCUT2D eigenvalue weighted by Gasteiger charge is -2.18. The molecule has 1 aromatic carbocycles. The van der Waals surface area contributed by atoms with Crippen molar-refractivity contribution in [2.45, 2.75) is 44.6 Å². The maximum Gasteiger partial charge on any atom is 0.322 e. The third kappa shape index (κ3) is 4.31. The SMILES string of the molecule is CCCc1ccc(S(=O)(=O)NC(C(=O)O)C(C)C)cc1. The van der Waals surface area contributed by atoms with Gasteiger partial charge in [0, 0.05) is 0 Å². The van der Waals surface area contributed by atoms with Crippen LogP contribution in [0, 0.1) is 5.92 Å². The molecule has 5 nitrogen and oxygen atoms in total. The summed E-state index contributed by atoms with van der Waals surface area (Å²) in [6.07, 6.45) is 1.87. The van der Waals surface area contributed by atoms with E-state index in [0.717, 1.165) is 18.4 Å². The van der Waals surface area contributed by atoms with Gasteiger partial charge >= 0.3 is 5.97 Å². The van der Waals surface area contributed by atoms with Gasteiger partial charge in [0.1, 0.15) is 6.04 Å². The highest BCUT2D eigenvalue weighted by molar-refractivity contribution is 7.89. The zero-order valence-electron chi connectivity index (χ0n) is 12.0. The summed E-state index contributed by atoms with van der Waals surface area (Å²) in [5, 5.41) is 9.04. The van der Waals surface area contributed by atoms with Crippen molar-refractivity contribution in [3.8, 4) is 0 Å². The van der Waals surface area contributed by atoms with Gasteiger partial charge in [-0.3, -0.25) is 4.79 Å². The molecule has 0 radical (unpaired) electrons. The van der Waals surface area contributed by atoms with Gasteiger partial charge in [0.2, 0.25) is 10.0 Å². The summed E-state index contributed by atoms with van der Waals surface area (Å²) in [5.41, 5.74) is 1.06. The van der Waals surface area contributed by atoms with E-state index in [-0.39, 0.29) is 10.8 Å². The fourth-order valence-electron chi connectivity index (χ4n) is 1.83. The predicted molar refractivity (Wildman–Crippen MR) is 77.0 cm³/mol. The molecule has 1 atom stereocenters. The Kier molecular flexibility index (Phi) is 5.71. The van der Waals surface area contributed by atoms with Crippen molar-refractivity contribution in [3.63, 3.8) is 0 Å². The third-order valence-corrected chi connectivity index (χ3v) is 4.44. The van der Waals surface area contributed by atoms with Crippen LogP contribution < -0.4 is 4.72 Å². The van der Waals surface area contributed by atoms with E-state index in [1.54, 1.807) is 26.0 Å². The normalized spacial score (nSPS) is 13.4. The molecule has 0 amide bonds. The van der Waals surface area contributed by atoms with Crippen LogP contribution in [-0.2, 0) is 21.2 Å². The molecule has 0 saturated carbocycles. The Labute approximate surface area is 120 Å². The summed E-state index contributed by atoms with van der Waals surface area (Å²) in [6.45, 7) is 5.36. The molecule has 1 rings (SSSR count). The highest BCUT2D eigenvalue weighted by Gasteiger charge is 2.27. The zero-order chi connectivity index (χ0) is 15.3. The monoisotopic (exact) mass is 299 g/mol. The number of carboxylic acids is 1. The number of aryl methyl sites for hydroxylation is 1. The van der Waals surface area contributed by atoms with Crippen molar-refractivity contribution in [2.24, 2.45) is 5.92 Å². The summed E-state index contributed by atoms with van der Waals surface area (Å²) >= 11 is 0. The molecule has 0 aliphatic heterocycles. The van der Waals surface area contributed by atoms with E-state index >= 15 is 0 Å². The minimum Gasteiger partial charge on any atom is -0.480 e. The quantitative estimate of drug-likeness (QED) is 0.807. The molecular formula is C14H21NO4S. The van der Waals surface area contributed by atoms with Crippen molar-refractivity contribution < 1.29 is 18.3 Å². The highest BCUT2D eigenvalue weighted by atomic mass is 32.2. The van der Waals surface area contributed by atoms with Crippen LogP contribution in [0.2, 0.25) is 0 Å². The van der Waals surface area contributed by atoms with Gasteiger partial charge in [-0.05, 0) is 30.0 Å². The Balaban J connectivity index is 2.95. The minimum absolute atomic E-state index is 0.0873. The fourth-order valence-corrected chi connectivity index (χ4v) is 3.17. The first-order valence-corrected chi connectivity index (χ1v) is 8.10. The van der Waals surface area contributed by atoms with Crippen LogP contribution in [-0.4, -0.2) is 25.5 Å². The molecule has 0 aliphatic carbocycles. The molecule has 6 heteroatoms. The summed E-state index contributed by atoms with van der Waals surface area (Å²) in [7, 11) is -3.81. The number of carbonyl (C=O) groups is 1. The second kappa shape index (κ2) is 6.85. The predicted octanol–water partition coefficient (Wildman–Crippen LogP) is 2.03. The van der Waals surface area contributed by atoms with E-state index in [2.05, 4.69) is 4.72 Å². The second-order valence-electron chi connectivity index (χ2n) is 5.08. The molecular weight excluding hydrogens is 278 g/mol. The lowest BCUT2D eigenvalue weighted by molar-refractivity contribution is -0.140. The Hall–Kier alpha value is -1.40. The summed E-state index contributed by atoms with van der Waals surface area (Å²) in [4.78, 5) is 11.1. The number of nitrogens with one attached hydrogen (secondary N) is 1. The maximum atomic E-state index is 12.1. The highest BCUT2D eigenvalue weighted by Crippen LogP contribution is 2.14. The Morgan fingerprint density at radius 2 is 1.80 bits per heavy atom. The molecule has 1 aromatic rings. The maximum absolute atomic E-state index is 12.1. The molecule has 1 unspecified atom stereocenters. The van der Waals surface area contributed by atoms with E-state index < -0.39 is 22.0 Å². The Morgan fingerprint density at radius 1 is 1.25 bits per heavy atom. The van der Waals surface area contributed by atoms with E-state index in [0.29, 0.717) is 0 Å². The number of hydrogen-bond acceptors (Lipinski definition) is 3. The van der Waals surface area contributed by atoms with Crippen LogP contribution in [0.3, 0.4) is 0 Å². The van der Waals surface area contributed by atoms with Crippen LogP contribution in [0.1, 0.15) is 32.8 Å². The van der Waals surface area contributed by atoms with Gasteiger partial charge in [0.25, 0.3) is 0 Å². The van der Waals surface area contributed by atoms with Gasteiger partial charge in [-0.15, -0.1) is 0 Å². The van der Waals surface area contributed by atoms with Crippen LogP contribution in [0.5, 0.6) is 0 Å². The molecule has 0 heterocycles. The van der Waals surface area contributed by atoms with Crippen LogP contribution in [0.15, 0.2) is 29.2 Å². The summed E-state index contributed by atoms with van der Waals surface area (Å²) in [5.74, 6) is -1.51. The van der Waals surface area contributed by atoms with Crippen molar-refractivity contribution in [1.29, 1.82) is 0 Å². The zero-order valence-corrected chi connectivity index (χ0v) is 12.8. The summed E-state index contributed by atoms with van der Waals surface area (Å²) < 4.78 is 26.5. The van der Waals surface area contributed by atoms with E-state index in [4.69, 9.17) is 5.11 Å². The molecule has 0 aromatic heterocycles. The number of sulfonamides is 1. The van der Waals surface area contributed by atoms with Gasteiger partial charge in [0.15, 0.2) is 0 Å². The topological polar surface area (TPSA) is 83.5 Å². The van der Waals surface area contributed by atoms with Gasteiger partial charge in [-0.25, -0.2) is 8.42 Å². The molecule has 0 fully saturated rings. The standard InChI is InChI=1S/C14H21NO4S/c1-4-5-11-6-8-12(9-7-11)20(18,19)15-13(10(2)3)14(16)17/h6-10,13,15H,4-5H2,1-3H3,(H,16,17). The first kappa shape index (κ1) is 16.7. The lowest BCUT2D eigenvalue weighted by atomic mass is 10.1. The van der Waals surface area contributed by atoms with E-state index in [1.165, 1.54) is 12.1 Å². The van der Waals surface area contributed by atoms with Crippen molar-refractivity contribution >= 4 is 16.0 Å². The van der Waals surface area contributed by atoms with Gasteiger partial charge in [-0.1, -0.05) is 39.3 Å². The summed E-state index contributed by atoms with van der Waals surface area (Å²) in [6, 6.07) is 5.39. The van der Waals surface area contributed by atoms with Crippen molar-refractivity contribution in [1.82, 2.24) is 4.72 Å². The Morgan fingerprint density at radius 3 is 2.20 bits per heavy atom. The first-order valence-electron chi connectivity index (χ1n) is 6.62. The Bertz CT molecular complexity index is 549. The average Bonchev–Trinajstić information content (AvgIpc) is 2.36. The average molecular weight is 299 g/mol. The number of carboxylic acid groups (broad SMARTS) is 1. The number of rotatable bonds is 7. The first-order chi connectivity index (χ1) is 9.27. The molecule has 112 valence electrons. The van der Waals surface area contributed by atoms with Gasteiger partial charge < -0.3 is 5.11 Å². The van der Waals surface area contributed by atoms with E-state index in [9.17, 15) is 13.2 Å². The molecule has 20 heavy (non-hydrogen) atoms. The molecule has 2 N–H and O–H groups in total. The molecule has 0 bridgehead atoms. The van der Waals surface area contributed by atoms with Crippen molar-refractivity contribution in [2.75, 3.05) is 0 Å². The van der Waals surface area contributed by atoms with Crippen LogP contribution in [0.25, 0.3) is 0 Å². The van der Waals surface area contributed by atoms with Gasteiger partial charge in [-0.2, -0.15) is 4.72 Å². The molecule has 0 spiro atoms. The second-order valence-corrected chi connectivity index (χ2v) is 6.79. The lowest BCUT2D eigenvalue weighted by Crippen LogP contribution is -2.44. The number of benzene rings is 1. The fraction of sp³-hybridized carbons (Fsp3) is 0.500. The van der Waals surface area contributed by atoms with Crippen LogP contribution in [0.4, 0.5) is 0 Å². The largest absolute Gasteiger partial charge is 0.480 e. The third-order valence-electron chi connectivity index (χ3n) is 2.99. The minimum atomic E-state index is -3.81. The van der Waals surface area contributed by atoms with E-state index in [1.807, 2.05) is 6.92 Å². The smallest absolute Gasteiger partial charge is 0.322 e.